The van der Waals surface area contributed by atoms with Gasteiger partial charge in [-0.25, -0.2) is 19.9 Å². The van der Waals surface area contributed by atoms with Gasteiger partial charge in [-0.05, 0) is 44.5 Å². The van der Waals surface area contributed by atoms with Crippen LogP contribution in [0.1, 0.15) is 51.0 Å². The molecule has 1 atom stereocenters. The van der Waals surface area contributed by atoms with E-state index in [0.29, 0.717) is 30.3 Å². The Labute approximate surface area is 173 Å². The van der Waals surface area contributed by atoms with Gasteiger partial charge in [0.15, 0.2) is 5.78 Å². The smallest absolute Gasteiger partial charge is 0.230 e. The van der Waals surface area contributed by atoms with E-state index in [2.05, 4.69) is 44.3 Å². The SMILES string of the molecule is Cc1cc(C)c2nc(Nc3ncc4c(n3)C[C@@H](c3ccco3)CC4=O)nc(C)c2c1. The van der Waals surface area contributed by atoms with Gasteiger partial charge >= 0.3 is 0 Å². The Hall–Kier alpha value is -3.61. The minimum Gasteiger partial charge on any atom is -0.469 e. The fourth-order valence-electron chi connectivity index (χ4n) is 4.12. The number of nitrogens with zero attached hydrogens (tertiary/aromatic N) is 4. The van der Waals surface area contributed by atoms with Gasteiger partial charge in [-0.1, -0.05) is 11.6 Å². The molecule has 1 aromatic carbocycles. The van der Waals surface area contributed by atoms with Crippen LogP contribution in [0.5, 0.6) is 0 Å². The highest BCUT2D eigenvalue weighted by atomic mass is 16.3. The standard InChI is InChI=1S/C23H21N5O2/c1-12-7-13(2)21-16(8-12)14(3)25-23(27-21)28-22-24-11-17-18(26-22)9-15(10-19(17)29)20-5-4-6-30-20/h4-8,11,15H,9-10H2,1-3H3,(H,24,25,26,27,28)/t15-/m1/s1. The van der Waals surface area contributed by atoms with Crippen LogP contribution in [0.15, 0.2) is 41.1 Å². The Balaban J connectivity index is 1.48. The lowest BCUT2D eigenvalue weighted by atomic mass is 9.85. The third-order valence-corrected chi connectivity index (χ3v) is 5.53. The van der Waals surface area contributed by atoms with E-state index in [1.807, 2.05) is 26.0 Å². The molecular weight excluding hydrogens is 378 g/mol. The summed E-state index contributed by atoms with van der Waals surface area (Å²) in [7, 11) is 0. The van der Waals surface area contributed by atoms with E-state index in [1.54, 1.807) is 12.5 Å². The molecule has 0 spiro atoms. The van der Waals surface area contributed by atoms with Crippen molar-refractivity contribution < 1.29 is 9.21 Å². The maximum absolute atomic E-state index is 12.6. The first kappa shape index (κ1) is 18.4. The van der Waals surface area contributed by atoms with Gasteiger partial charge in [0.1, 0.15) is 5.76 Å². The molecule has 30 heavy (non-hydrogen) atoms. The van der Waals surface area contributed by atoms with Crippen molar-refractivity contribution in [2.24, 2.45) is 0 Å². The number of carbonyl (C=O) groups is 1. The monoisotopic (exact) mass is 399 g/mol. The van der Waals surface area contributed by atoms with E-state index >= 15 is 0 Å². The van der Waals surface area contributed by atoms with Crippen LogP contribution in [0.3, 0.4) is 0 Å². The van der Waals surface area contributed by atoms with Gasteiger partial charge in [-0.3, -0.25) is 10.1 Å². The second-order valence-corrected chi connectivity index (χ2v) is 7.83. The van der Waals surface area contributed by atoms with Crippen LogP contribution in [0, 0.1) is 20.8 Å². The molecule has 0 fully saturated rings. The number of furan rings is 1. The van der Waals surface area contributed by atoms with Crippen molar-refractivity contribution in [3.05, 3.63) is 70.6 Å². The molecule has 1 aliphatic rings. The van der Waals surface area contributed by atoms with Crippen LogP contribution in [0.4, 0.5) is 11.9 Å². The quantitative estimate of drug-likeness (QED) is 0.538. The summed E-state index contributed by atoms with van der Waals surface area (Å²) in [6.45, 7) is 6.08. The fourth-order valence-corrected chi connectivity index (χ4v) is 4.12. The molecule has 3 aromatic heterocycles. The number of carbonyl (C=O) groups excluding carboxylic acids is 1. The second-order valence-electron chi connectivity index (χ2n) is 7.83. The van der Waals surface area contributed by atoms with Gasteiger partial charge in [-0.2, -0.15) is 0 Å². The molecule has 1 aliphatic carbocycles. The second kappa shape index (κ2) is 7.02. The molecular formula is C23H21N5O2. The summed E-state index contributed by atoms with van der Waals surface area (Å²) in [5, 5.41) is 4.15. The molecule has 1 N–H and O–H groups in total. The minimum absolute atomic E-state index is 0.00666. The third kappa shape index (κ3) is 3.22. The summed E-state index contributed by atoms with van der Waals surface area (Å²) in [4.78, 5) is 30.7. The summed E-state index contributed by atoms with van der Waals surface area (Å²) < 4.78 is 5.50. The van der Waals surface area contributed by atoms with E-state index < -0.39 is 0 Å². The van der Waals surface area contributed by atoms with E-state index in [9.17, 15) is 4.79 Å². The van der Waals surface area contributed by atoms with E-state index in [1.165, 1.54) is 5.56 Å². The molecule has 0 unspecified atom stereocenters. The zero-order valence-corrected chi connectivity index (χ0v) is 17.1. The first-order valence-corrected chi connectivity index (χ1v) is 9.93. The van der Waals surface area contributed by atoms with Gasteiger partial charge in [0.2, 0.25) is 11.9 Å². The topological polar surface area (TPSA) is 93.8 Å². The molecule has 3 heterocycles. The van der Waals surface area contributed by atoms with E-state index in [4.69, 9.17) is 4.42 Å². The number of rotatable bonds is 3. The highest BCUT2D eigenvalue weighted by Crippen LogP contribution is 2.32. The lowest BCUT2D eigenvalue weighted by molar-refractivity contribution is 0.0958. The molecule has 7 nitrogen and oxygen atoms in total. The fraction of sp³-hybridized carbons (Fsp3) is 0.261. The Morgan fingerprint density at radius 1 is 1.07 bits per heavy atom. The summed E-state index contributed by atoms with van der Waals surface area (Å²) >= 11 is 0. The zero-order chi connectivity index (χ0) is 20.8. The van der Waals surface area contributed by atoms with Crippen LogP contribution in [-0.4, -0.2) is 25.7 Å². The maximum Gasteiger partial charge on any atom is 0.230 e. The van der Waals surface area contributed by atoms with Crippen molar-refractivity contribution in [2.45, 2.75) is 39.5 Å². The van der Waals surface area contributed by atoms with Gasteiger partial charge in [0.25, 0.3) is 0 Å². The first-order chi connectivity index (χ1) is 14.5. The Kier molecular flexibility index (Phi) is 4.31. The molecule has 0 amide bonds. The Morgan fingerprint density at radius 2 is 1.93 bits per heavy atom. The van der Waals surface area contributed by atoms with Crippen LogP contribution in [-0.2, 0) is 6.42 Å². The molecule has 150 valence electrons. The normalized spacial score (nSPS) is 16.0. The molecule has 0 aliphatic heterocycles. The number of aryl methyl sites for hydroxylation is 3. The van der Waals surface area contributed by atoms with Crippen LogP contribution in [0.25, 0.3) is 10.9 Å². The van der Waals surface area contributed by atoms with Gasteiger partial charge in [0, 0.05) is 30.3 Å². The average molecular weight is 399 g/mol. The summed E-state index contributed by atoms with van der Waals surface area (Å²) in [6, 6.07) is 7.94. The highest BCUT2D eigenvalue weighted by Gasteiger charge is 2.29. The maximum atomic E-state index is 12.6. The van der Waals surface area contributed by atoms with Gasteiger partial charge in [0.05, 0.1) is 28.7 Å². The molecule has 0 saturated heterocycles. The molecule has 0 radical (unpaired) electrons. The van der Waals surface area contributed by atoms with Crippen molar-refractivity contribution in [2.75, 3.05) is 5.32 Å². The van der Waals surface area contributed by atoms with Crippen LogP contribution < -0.4 is 5.32 Å². The van der Waals surface area contributed by atoms with Gasteiger partial charge < -0.3 is 4.42 Å². The number of benzene rings is 1. The summed E-state index contributed by atoms with van der Waals surface area (Å²) in [5.41, 5.74) is 5.36. The number of nitrogens with one attached hydrogen (secondary N) is 1. The number of Topliss-reactive ketones (excluding diaryl/α,β-unsaturated/α-hetero) is 1. The van der Waals surface area contributed by atoms with E-state index in [0.717, 1.165) is 33.6 Å². The lowest BCUT2D eigenvalue weighted by Crippen LogP contribution is -2.21. The largest absolute Gasteiger partial charge is 0.469 e. The predicted molar refractivity (Wildman–Crippen MR) is 113 cm³/mol. The molecule has 0 bridgehead atoms. The number of ketones is 1. The van der Waals surface area contributed by atoms with Crippen molar-refractivity contribution >= 4 is 28.6 Å². The van der Waals surface area contributed by atoms with Crippen molar-refractivity contribution in [1.82, 2.24) is 19.9 Å². The first-order valence-electron chi connectivity index (χ1n) is 9.93. The lowest BCUT2D eigenvalue weighted by Gasteiger charge is -2.21. The third-order valence-electron chi connectivity index (χ3n) is 5.53. The van der Waals surface area contributed by atoms with E-state index in [-0.39, 0.29) is 11.7 Å². The Bertz CT molecular complexity index is 1280. The number of hydrogen-bond donors (Lipinski definition) is 1. The van der Waals surface area contributed by atoms with Crippen molar-refractivity contribution in [3.63, 3.8) is 0 Å². The van der Waals surface area contributed by atoms with Crippen molar-refractivity contribution in [3.8, 4) is 0 Å². The summed E-state index contributed by atoms with van der Waals surface area (Å²) in [5.74, 6) is 1.66. The highest BCUT2D eigenvalue weighted by molar-refractivity contribution is 5.98. The molecule has 7 heteroatoms. The Morgan fingerprint density at radius 3 is 2.73 bits per heavy atom. The van der Waals surface area contributed by atoms with Crippen molar-refractivity contribution in [1.29, 1.82) is 0 Å². The van der Waals surface area contributed by atoms with Gasteiger partial charge in [-0.15, -0.1) is 0 Å². The molecule has 0 saturated carbocycles. The number of anilines is 2. The summed E-state index contributed by atoms with van der Waals surface area (Å²) in [6.07, 6.45) is 4.25. The minimum atomic E-state index is -0.00666. The number of aromatic nitrogens is 4. The van der Waals surface area contributed by atoms with Crippen LogP contribution >= 0.6 is 0 Å². The predicted octanol–water partition coefficient (Wildman–Crippen LogP) is 4.59. The zero-order valence-electron chi connectivity index (χ0n) is 17.1. The number of fused-ring (bicyclic) bond motifs is 2. The number of hydrogen-bond acceptors (Lipinski definition) is 7. The van der Waals surface area contributed by atoms with Crippen LogP contribution in [0.2, 0.25) is 0 Å². The average Bonchev–Trinajstić information content (AvgIpc) is 3.24. The molecule has 4 aromatic rings. The molecule has 5 rings (SSSR count).